The van der Waals surface area contributed by atoms with Crippen molar-refractivity contribution >= 4 is 0 Å². The van der Waals surface area contributed by atoms with Crippen LogP contribution in [0.25, 0.3) is 0 Å². The lowest BCUT2D eigenvalue weighted by Gasteiger charge is -2.46. The summed E-state index contributed by atoms with van der Waals surface area (Å²) < 4.78 is 35.2. The van der Waals surface area contributed by atoms with E-state index in [2.05, 4.69) is 27.7 Å². The zero-order valence-electron chi connectivity index (χ0n) is 29.1. The molecule has 6 rings (SSSR count). The van der Waals surface area contributed by atoms with Crippen LogP contribution in [-0.4, -0.2) is 81.1 Å². The van der Waals surface area contributed by atoms with E-state index >= 15 is 0 Å². The summed E-state index contributed by atoms with van der Waals surface area (Å²) in [7, 11) is 0. The zero-order chi connectivity index (χ0) is 31.4. The van der Waals surface area contributed by atoms with Crippen molar-refractivity contribution in [2.75, 3.05) is 33.0 Å². The van der Waals surface area contributed by atoms with Gasteiger partial charge in [0.25, 0.3) is 0 Å². The Morgan fingerprint density at radius 2 is 0.889 bits per heavy atom. The Kier molecular flexibility index (Phi) is 11.9. The number of rotatable bonds is 15. The molecule has 6 aliphatic rings. The number of aliphatic hydroxyl groups excluding tert-OH is 1. The van der Waals surface area contributed by atoms with Crippen molar-refractivity contribution in [1.29, 1.82) is 0 Å². The molecular formula is C38H66O7. The fraction of sp³-hybridized carbons (Fsp3) is 1.00. The SMILES string of the molecule is CC(C)(C1CCC(OCC(O)COC2CCC(C(C)(C)C3CCC(OC4CO4)CC3)CC2)CC1)C1CCC(OCC2CO2)CC1. The molecule has 2 saturated heterocycles. The fourth-order valence-electron chi connectivity index (χ4n) is 9.81. The summed E-state index contributed by atoms with van der Waals surface area (Å²) in [6.45, 7) is 13.3. The van der Waals surface area contributed by atoms with Gasteiger partial charge in [-0.1, -0.05) is 27.7 Å². The third-order valence-corrected chi connectivity index (χ3v) is 13.5. The molecular weight excluding hydrogens is 568 g/mol. The molecule has 3 unspecified atom stereocenters. The van der Waals surface area contributed by atoms with E-state index in [0.29, 0.717) is 42.4 Å². The summed E-state index contributed by atoms with van der Waals surface area (Å²) in [6, 6.07) is 0. The van der Waals surface area contributed by atoms with Crippen LogP contribution in [0.15, 0.2) is 0 Å². The summed E-state index contributed by atoms with van der Waals surface area (Å²) in [6.07, 6.45) is 20.6. The molecule has 1 N–H and O–H groups in total. The number of hydrogen-bond donors (Lipinski definition) is 1. The molecule has 3 atom stereocenters. The molecule has 0 aromatic heterocycles. The normalized spacial score (nSPS) is 40.2. The predicted octanol–water partition coefficient (Wildman–Crippen LogP) is 7.46. The minimum Gasteiger partial charge on any atom is -0.388 e. The van der Waals surface area contributed by atoms with E-state index < -0.39 is 6.10 Å². The highest BCUT2D eigenvalue weighted by atomic mass is 16.8. The summed E-state index contributed by atoms with van der Waals surface area (Å²) in [5.74, 6) is 3.10. The average molecular weight is 635 g/mol. The molecule has 0 bridgehead atoms. The molecule has 260 valence electrons. The number of hydrogen-bond acceptors (Lipinski definition) is 7. The van der Waals surface area contributed by atoms with E-state index in [0.717, 1.165) is 69.2 Å². The smallest absolute Gasteiger partial charge is 0.181 e. The summed E-state index contributed by atoms with van der Waals surface area (Å²) in [4.78, 5) is 0. The molecule has 4 saturated carbocycles. The molecule has 0 spiro atoms. The molecule has 7 heteroatoms. The maximum Gasteiger partial charge on any atom is 0.181 e. The van der Waals surface area contributed by atoms with Crippen LogP contribution >= 0.6 is 0 Å². The summed E-state index contributed by atoms with van der Waals surface area (Å²) >= 11 is 0. The zero-order valence-corrected chi connectivity index (χ0v) is 29.1. The molecule has 4 aliphatic carbocycles. The standard InChI is InChI=1S/C38H66O7/c1-37(2,28-9-17-33(18-10-28)42-23-35-24-43-35)26-5-13-31(14-6-26)40-21-30(39)22-41-32-15-7-27(8-16-32)38(3,4)29-11-19-34(20-12-29)45-36-25-44-36/h26-36,39H,5-25H2,1-4H3. The van der Waals surface area contributed by atoms with Crippen molar-refractivity contribution in [3.8, 4) is 0 Å². The van der Waals surface area contributed by atoms with Gasteiger partial charge in [-0.05, 0) is 137 Å². The number of ether oxygens (including phenoxy) is 6. The lowest BCUT2D eigenvalue weighted by atomic mass is 9.60. The van der Waals surface area contributed by atoms with Gasteiger partial charge in [-0.25, -0.2) is 0 Å². The number of epoxide rings is 2. The molecule has 0 amide bonds. The van der Waals surface area contributed by atoms with Gasteiger partial charge in [0.1, 0.15) is 18.8 Å². The van der Waals surface area contributed by atoms with Gasteiger partial charge >= 0.3 is 0 Å². The summed E-state index contributed by atoms with van der Waals surface area (Å²) in [5, 5.41) is 10.7. The third kappa shape index (κ3) is 9.67. The quantitative estimate of drug-likeness (QED) is 0.187. The fourth-order valence-corrected chi connectivity index (χ4v) is 9.81. The van der Waals surface area contributed by atoms with Crippen molar-refractivity contribution in [3.05, 3.63) is 0 Å². The van der Waals surface area contributed by atoms with Crippen LogP contribution in [0.1, 0.15) is 130 Å². The molecule has 0 radical (unpaired) electrons. The lowest BCUT2D eigenvalue weighted by Crippen LogP contribution is -2.40. The minimum absolute atomic E-state index is 0.0897. The lowest BCUT2D eigenvalue weighted by molar-refractivity contribution is -0.0887. The maximum atomic E-state index is 10.7. The Hall–Kier alpha value is -0.280. The van der Waals surface area contributed by atoms with E-state index in [4.69, 9.17) is 28.4 Å². The highest BCUT2D eigenvalue weighted by Crippen LogP contribution is 2.50. The highest BCUT2D eigenvalue weighted by molar-refractivity contribution is 4.93. The Morgan fingerprint density at radius 3 is 1.24 bits per heavy atom. The van der Waals surface area contributed by atoms with Gasteiger partial charge in [-0.15, -0.1) is 0 Å². The molecule has 0 aromatic rings. The molecule has 2 heterocycles. The van der Waals surface area contributed by atoms with Gasteiger partial charge in [0.2, 0.25) is 0 Å². The molecule has 7 nitrogen and oxygen atoms in total. The van der Waals surface area contributed by atoms with Crippen LogP contribution in [0.5, 0.6) is 0 Å². The molecule has 2 aliphatic heterocycles. The van der Waals surface area contributed by atoms with Crippen LogP contribution < -0.4 is 0 Å². The molecule has 0 aromatic carbocycles. The first kappa shape index (κ1) is 34.6. The van der Waals surface area contributed by atoms with Crippen molar-refractivity contribution < 1.29 is 33.5 Å². The van der Waals surface area contributed by atoms with Gasteiger partial charge in [0.15, 0.2) is 6.29 Å². The second-order valence-corrected chi connectivity index (χ2v) is 17.0. The first-order chi connectivity index (χ1) is 21.7. The predicted molar refractivity (Wildman–Crippen MR) is 175 cm³/mol. The van der Waals surface area contributed by atoms with Gasteiger partial charge in [0.05, 0.1) is 50.8 Å². The van der Waals surface area contributed by atoms with Crippen molar-refractivity contribution in [2.45, 2.75) is 173 Å². The average Bonchev–Trinajstić information content (AvgIpc) is 4.00. The maximum absolute atomic E-state index is 10.7. The molecule has 6 fully saturated rings. The van der Waals surface area contributed by atoms with Crippen LogP contribution in [0.3, 0.4) is 0 Å². The third-order valence-electron chi connectivity index (χ3n) is 13.5. The monoisotopic (exact) mass is 634 g/mol. The Bertz CT molecular complexity index is 869. The first-order valence-electron chi connectivity index (χ1n) is 19.1. The minimum atomic E-state index is -0.532. The second-order valence-electron chi connectivity index (χ2n) is 17.0. The highest BCUT2D eigenvalue weighted by Gasteiger charge is 2.43. The van der Waals surface area contributed by atoms with E-state index in [1.54, 1.807) is 0 Å². The van der Waals surface area contributed by atoms with Gasteiger partial charge in [-0.2, -0.15) is 0 Å². The van der Waals surface area contributed by atoms with Crippen molar-refractivity contribution in [3.63, 3.8) is 0 Å². The van der Waals surface area contributed by atoms with E-state index in [1.807, 2.05) is 0 Å². The van der Waals surface area contributed by atoms with Crippen LogP contribution in [-0.2, 0) is 28.4 Å². The van der Waals surface area contributed by atoms with Gasteiger partial charge < -0.3 is 33.5 Å². The van der Waals surface area contributed by atoms with E-state index in [1.165, 1.54) is 77.0 Å². The van der Waals surface area contributed by atoms with Crippen molar-refractivity contribution in [2.24, 2.45) is 34.5 Å². The largest absolute Gasteiger partial charge is 0.388 e. The Labute approximate surface area is 274 Å². The topological polar surface area (TPSA) is 82.2 Å². The Morgan fingerprint density at radius 1 is 0.533 bits per heavy atom. The van der Waals surface area contributed by atoms with Crippen LogP contribution in [0.4, 0.5) is 0 Å². The molecule has 45 heavy (non-hydrogen) atoms. The number of aliphatic hydroxyl groups is 1. The van der Waals surface area contributed by atoms with Crippen LogP contribution in [0.2, 0.25) is 0 Å². The van der Waals surface area contributed by atoms with E-state index in [-0.39, 0.29) is 18.5 Å². The first-order valence-corrected chi connectivity index (χ1v) is 19.1. The van der Waals surface area contributed by atoms with Crippen molar-refractivity contribution in [1.82, 2.24) is 0 Å². The van der Waals surface area contributed by atoms with Gasteiger partial charge in [0, 0.05) is 0 Å². The van der Waals surface area contributed by atoms with Crippen LogP contribution in [0, 0.1) is 34.5 Å². The Balaban J connectivity index is 0.819. The van der Waals surface area contributed by atoms with Gasteiger partial charge in [-0.3, -0.25) is 0 Å². The second kappa shape index (κ2) is 15.5. The van der Waals surface area contributed by atoms with E-state index in [9.17, 15) is 5.11 Å². The summed E-state index contributed by atoms with van der Waals surface area (Å²) in [5.41, 5.74) is 0.740.